The van der Waals surface area contributed by atoms with Crippen LogP contribution in [-0.4, -0.2) is 7.05 Å². The summed E-state index contributed by atoms with van der Waals surface area (Å²) >= 11 is 3.44. The SMILES string of the molecule is Cc1ccccc1CN(C)c1cc(Br)cc(C#N)c1. The zero-order valence-corrected chi connectivity index (χ0v) is 12.6. The second-order valence-electron chi connectivity index (χ2n) is 4.59. The van der Waals surface area contributed by atoms with Crippen LogP contribution in [0.4, 0.5) is 5.69 Å². The lowest BCUT2D eigenvalue weighted by atomic mass is 10.1. The summed E-state index contributed by atoms with van der Waals surface area (Å²) in [5.41, 5.74) is 4.28. The van der Waals surface area contributed by atoms with Gasteiger partial charge < -0.3 is 4.90 Å². The molecule has 3 heteroatoms. The smallest absolute Gasteiger partial charge is 0.0992 e. The van der Waals surface area contributed by atoms with Crippen molar-refractivity contribution in [2.45, 2.75) is 13.5 Å². The summed E-state index contributed by atoms with van der Waals surface area (Å²) in [5.74, 6) is 0. The van der Waals surface area contributed by atoms with Gasteiger partial charge in [0.15, 0.2) is 0 Å². The molecule has 0 amide bonds. The number of hydrogen-bond donors (Lipinski definition) is 0. The van der Waals surface area contributed by atoms with Gasteiger partial charge in [-0.15, -0.1) is 0 Å². The van der Waals surface area contributed by atoms with E-state index in [1.54, 1.807) is 0 Å². The standard InChI is InChI=1S/C16H15BrN2/c1-12-5-3-4-6-14(12)11-19(2)16-8-13(10-18)7-15(17)9-16/h3-9H,11H2,1-2H3. The van der Waals surface area contributed by atoms with Crippen molar-refractivity contribution in [3.63, 3.8) is 0 Å². The number of aryl methyl sites for hydroxylation is 1. The number of hydrogen-bond acceptors (Lipinski definition) is 2. The molecule has 0 saturated heterocycles. The molecule has 0 aliphatic rings. The summed E-state index contributed by atoms with van der Waals surface area (Å²) in [6, 6.07) is 16.3. The van der Waals surface area contributed by atoms with Crippen molar-refractivity contribution >= 4 is 21.6 Å². The Morgan fingerprint density at radius 1 is 1.21 bits per heavy atom. The second-order valence-corrected chi connectivity index (χ2v) is 5.51. The van der Waals surface area contributed by atoms with Crippen molar-refractivity contribution in [3.8, 4) is 6.07 Å². The van der Waals surface area contributed by atoms with Crippen molar-refractivity contribution in [1.29, 1.82) is 5.26 Å². The second kappa shape index (κ2) is 5.90. The van der Waals surface area contributed by atoms with Crippen molar-refractivity contribution in [2.24, 2.45) is 0 Å². The van der Waals surface area contributed by atoms with Gasteiger partial charge in [-0.25, -0.2) is 0 Å². The molecule has 0 N–H and O–H groups in total. The van der Waals surface area contributed by atoms with Gasteiger partial charge in [-0.3, -0.25) is 0 Å². The van der Waals surface area contributed by atoms with Gasteiger partial charge in [-0.2, -0.15) is 5.26 Å². The molecule has 0 atom stereocenters. The Morgan fingerprint density at radius 3 is 2.63 bits per heavy atom. The van der Waals surface area contributed by atoms with Crippen LogP contribution in [-0.2, 0) is 6.54 Å². The van der Waals surface area contributed by atoms with Gasteiger partial charge in [-0.05, 0) is 36.2 Å². The molecule has 0 unspecified atom stereocenters. The van der Waals surface area contributed by atoms with E-state index in [0.717, 1.165) is 16.7 Å². The van der Waals surface area contributed by atoms with E-state index in [1.165, 1.54) is 11.1 Å². The summed E-state index contributed by atoms with van der Waals surface area (Å²) in [7, 11) is 2.04. The molecular weight excluding hydrogens is 300 g/mol. The first-order valence-electron chi connectivity index (χ1n) is 6.06. The molecule has 19 heavy (non-hydrogen) atoms. The monoisotopic (exact) mass is 314 g/mol. The third-order valence-corrected chi connectivity index (χ3v) is 3.58. The minimum absolute atomic E-state index is 0.668. The lowest BCUT2D eigenvalue weighted by Gasteiger charge is -2.21. The van der Waals surface area contributed by atoms with Crippen molar-refractivity contribution < 1.29 is 0 Å². The summed E-state index contributed by atoms with van der Waals surface area (Å²) < 4.78 is 0.929. The van der Waals surface area contributed by atoms with E-state index in [-0.39, 0.29) is 0 Å². The van der Waals surface area contributed by atoms with E-state index in [9.17, 15) is 0 Å². The van der Waals surface area contributed by atoms with Crippen molar-refractivity contribution in [2.75, 3.05) is 11.9 Å². The molecule has 0 aliphatic heterocycles. The number of halogens is 1. The molecule has 0 aromatic heterocycles. The molecule has 0 saturated carbocycles. The maximum absolute atomic E-state index is 9.01. The van der Waals surface area contributed by atoms with Gasteiger partial charge >= 0.3 is 0 Å². The van der Waals surface area contributed by atoms with Crippen LogP contribution in [0.3, 0.4) is 0 Å². The largest absolute Gasteiger partial charge is 0.370 e. The fourth-order valence-electron chi connectivity index (χ4n) is 1.99. The Bertz CT molecular complexity index is 629. The number of nitrogens with zero attached hydrogens (tertiary/aromatic N) is 2. The predicted octanol–water partition coefficient (Wildman–Crippen LogP) is 4.27. The Morgan fingerprint density at radius 2 is 1.95 bits per heavy atom. The van der Waals surface area contributed by atoms with Gasteiger partial charge in [-0.1, -0.05) is 40.2 Å². The lowest BCUT2D eigenvalue weighted by molar-refractivity contribution is 0.913. The van der Waals surface area contributed by atoms with E-state index >= 15 is 0 Å². The molecule has 2 rings (SSSR count). The molecule has 96 valence electrons. The average molecular weight is 315 g/mol. The van der Waals surface area contributed by atoms with Gasteiger partial charge in [0.05, 0.1) is 11.6 Å². The number of anilines is 1. The van der Waals surface area contributed by atoms with Gasteiger partial charge in [0.1, 0.15) is 0 Å². The fraction of sp³-hybridized carbons (Fsp3) is 0.188. The first-order valence-corrected chi connectivity index (χ1v) is 6.86. The van der Waals surface area contributed by atoms with Crippen molar-refractivity contribution in [3.05, 3.63) is 63.6 Å². The Balaban J connectivity index is 2.26. The van der Waals surface area contributed by atoms with E-state index in [4.69, 9.17) is 5.26 Å². The molecule has 0 spiro atoms. The molecule has 2 aromatic rings. The third-order valence-electron chi connectivity index (χ3n) is 3.12. The van der Waals surface area contributed by atoms with Crippen LogP contribution in [0.5, 0.6) is 0 Å². The van der Waals surface area contributed by atoms with Gasteiger partial charge in [0.2, 0.25) is 0 Å². The van der Waals surface area contributed by atoms with Crippen LogP contribution in [0.2, 0.25) is 0 Å². The topological polar surface area (TPSA) is 27.0 Å². The van der Waals surface area contributed by atoms with Crippen LogP contribution >= 0.6 is 15.9 Å². The molecule has 2 aromatic carbocycles. The molecule has 0 radical (unpaired) electrons. The summed E-state index contributed by atoms with van der Waals surface area (Å²) in [5, 5.41) is 9.01. The van der Waals surface area contributed by atoms with E-state index in [0.29, 0.717) is 5.56 Å². The number of rotatable bonds is 3. The van der Waals surface area contributed by atoms with E-state index < -0.39 is 0 Å². The molecular formula is C16H15BrN2. The summed E-state index contributed by atoms with van der Waals surface area (Å²) in [6.45, 7) is 2.94. The average Bonchev–Trinajstić information content (AvgIpc) is 2.40. The van der Waals surface area contributed by atoms with E-state index in [2.05, 4.69) is 52.0 Å². The molecule has 0 heterocycles. The van der Waals surface area contributed by atoms with Crippen molar-refractivity contribution in [1.82, 2.24) is 0 Å². The van der Waals surface area contributed by atoms with E-state index in [1.807, 2.05) is 31.3 Å². The van der Waals surface area contributed by atoms with Crippen LogP contribution < -0.4 is 4.90 Å². The molecule has 0 bridgehead atoms. The Hall–Kier alpha value is -1.79. The van der Waals surface area contributed by atoms with Gasteiger partial charge in [0, 0.05) is 23.8 Å². The van der Waals surface area contributed by atoms with Crippen LogP contribution in [0.25, 0.3) is 0 Å². The number of benzene rings is 2. The molecule has 0 aliphatic carbocycles. The predicted molar refractivity (Wildman–Crippen MR) is 82.1 cm³/mol. The maximum Gasteiger partial charge on any atom is 0.0992 e. The Labute approximate surface area is 122 Å². The minimum atomic E-state index is 0.668. The van der Waals surface area contributed by atoms with Crippen LogP contribution in [0.1, 0.15) is 16.7 Å². The fourth-order valence-corrected chi connectivity index (χ4v) is 2.47. The summed E-state index contributed by atoms with van der Waals surface area (Å²) in [6.07, 6.45) is 0. The normalized spacial score (nSPS) is 10.0. The first kappa shape index (κ1) is 13.6. The molecule has 2 nitrogen and oxygen atoms in total. The third kappa shape index (κ3) is 3.36. The highest BCUT2D eigenvalue weighted by atomic mass is 79.9. The minimum Gasteiger partial charge on any atom is -0.370 e. The zero-order chi connectivity index (χ0) is 13.8. The summed E-state index contributed by atoms with van der Waals surface area (Å²) in [4.78, 5) is 2.15. The highest BCUT2D eigenvalue weighted by molar-refractivity contribution is 9.10. The number of nitriles is 1. The lowest BCUT2D eigenvalue weighted by Crippen LogP contribution is -2.17. The molecule has 0 fully saturated rings. The Kier molecular flexibility index (Phi) is 4.24. The highest BCUT2D eigenvalue weighted by Crippen LogP contribution is 2.23. The zero-order valence-electron chi connectivity index (χ0n) is 11.0. The van der Waals surface area contributed by atoms with Gasteiger partial charge in [0.25, 0.3) is 0 Å². The van der Waals surface area contributed by atoms with Crippen LogP contribution in [0, 0.1) is 18.3 Å². The van der Waals surface area contributed by atoms with Crippen LogP contribution in [0.15, 0.2) is 46.9 Å². The first-order chi connectivity index (χ1) is 9.10. The quantitative estimate of drug-likeness (QED) is 0.846. The highest BCUT2D eigenvalue weighted by Gasteiger charge is 2.06. The maximum atomic E-state index is 9.01.